The van der Waals surface area contributed by atoms with Crippen LogP contribution in [-0.2, 0) is 12.8 Å². The van der Waals surface area contributed by atoms with Gasteiger partial charge in [0.2, 0.25) is 0 Å². The summed E-state index contributed by atoms with van der Waals surface area (Å²) >= 11 is 0. The summed E-state index contributed by atoms with van der Waals surface area (Å²) in [5.74, 6) is 3.06. The predicted molar refractivity (Wildman–Crippen MR) is 129 cm³/mol. The Balaban J connectivity index is 0.935. The minimum absolute atomic E-state index is 0.207. The van der Waals surface area contributed by atoms with E-state index >= 15 is 0 Å². The second-order valence-corrected chi connectivity index (χ2v) is 10.3. The number of pyridine rings is 1. The summed E-state index contributed by atoms with van der Waals surface area (Å²) in [7, 11) is 0. The number of hydrogen-bond acceptors (Lipinski definition) is 3. The Labute approximate surface area is 199 Å². The number of amides is 2. The zero-order valence-corrected chi connectivity index (χ0v) is 18.9. The van der Waals surface area contributed by atoms with Gasteiger partial charge in [-0.1, -0.05) is 54.6 Å². The maximum absolute atomic E-state index is 12.7. The highest BCUT2D eigenvalue weighted by Gasteiger charge is 2.55. The lowest BCUT2D eigenvalue weighted by Gasteiger charge is -2.10. The van der Waals surface area contributed by atoms with E-state index in [1.165, 1.54) is 22.3 Å². The average molecular weight is 450 g/mol. The van der Waals surface area contributed by atoms with Crippen molar-refractivity contribution in [2.75, 3.05) is 13.1 Å². The molecule has 2 N–H and O–H groups in total. The maximum Gasteiger partial charge on any atom is 0.269 e. The molecular formula is C29H27N3O2. The first kappa shape index (κ1) is 20.0. The summed E-state index contributed by atoms with van der Waals surface area (Å²) in [4.78, 5) is 29.8. The zero-order valence-electron chi connectivity index (χ0n) is 18.9. The van der Waals surface area contributed by atoms with E-state index in [1.807, 2.05) is 0 Å². The van der Waals surface area contributed by atoms with E-state index in [0.29, 0.717) is 60.0 Å². The van der Waals surface area contributed by atoms with Crippen LogP contribution in [-0.4, -0.2) is 29.9 Å². The standard InChI is InChI=1S/C29H27N3O2/c33-28(30-14-22-20-12-16-6-1-3-8-18(16)26(20)22)24-10-5-11-25(32-24)29(34)31-15-23-21-13-17-7-2-4-9-19(17)27(21)23/h1-11,20-23,26-27H,12-15H2,(H,30,33)(H,31,34). The Hall–Kier alpha value is -3.47. The third-order valence-corrected chi connectivity index (χ3v) is 8.61. The van der Waals surface area contributed by atoms with Crippen molar-refractivity contribution in [3.8, 4) is 0 Å². The van der Waals surface area contributed by atoms with Crippen LogP contribution in [0.2, 0.25) is 0 Å². The van der Waals surface area contributed by atoms with Crippen LogP contribution in [0.1, 0.15) is 55.1 Å². The summed E-state index contributed by atoms with van der Waals surface area (Å²) in [6.45, 7) is 1.32. The molecule has 5 nitrogen and oxygen atoms in total. The molecule has 7 rings (SSSR count). The maximum atomic E-state index is 12.7. The van der Waals surface area contributed by atoms with Gasteiger partial charge in [0, 0.05) is 13.1 Å². The highest BCUT2D eigenvalue weighted by molar-refractivity contribution is 5.96. The fourth-order valence-corrected chi connectivity index (χ4v) is 6.81. The van der Waals surface area contributed by atoms with Crippen molar-refractivity contribution in [1.29, 1.82) is 0 Å². The summed E-state index contributed by atoms with van der Waals surface area (Å²) in [6, 6.07) is 22.4. The number of rotatable bonds is 6. The molecule has 34 heavy (non-hydrogen) atoms. The average Bonchev–Trinajstić information content (AvgIpc) is 3.63. The summed E-state index contributed by atoms with van der Waals surface area (Å²) in [6.07, 6.45) is 2.23. The minimum Gasteiger partial charge on any atom is -0.350 e. The third kappa shape index (κ3) is 3.17. The second kappa shape index (κ2) is 7.52. The van der Waals surface area contributed by atoms with Crippen LogP contribution in [0.5, 0.6) is 0 Å². The van der Waals surface area contributed by atoms with Crippen molar-refractivity contribution in [2.24, 2.45) is 23.7 Å². The van der Waals surface area contributed by atoms with Crippen LogP contribution in [0.3, 0.4) is 0 Å². The topological polar surface area (TPSA) is 71.1 Å². The first-order chi connectivity index (χ1) is 16.7. The van der Waals surface area contributed by atoms with Crippen molar-refractivity contribution in [1.82, 2.24) is 15.6 Å². The quantitative estimate of drug-likeness (QED) is 0.603. The molecule has 6 atom stereocenters. The molecule has 2 amide bonds. The Morgan fingerprint density at radius 3 is 1.65 bits per heavy atom. The van der Waals surface area contributed by atoms with E-state index in [1.54, 1.807) is 18.2 Å². The Kier molecular flexibility index (Phi) is 4.41. The van der Waals surface area contributed by atoms with Crippen LogP contribution in [0, 0.1) is 23.7 Å². The fourth-order valence-electron chi connectivity index (χ4n) is 6.81. The highest BCUT2D eigenvalue weighted by Crippen LogP contribution is 2.61. The molecule has 170 valence electrons. The van der Waals surface area contributed by atoms with Crippen LogP contribution in [0.4, 0.5) is 0 Å². The van der Waals surface area contributed by atoms with Crippen molar-refractivity contribution in [3.63, 3.8) is 0 Å². The summed E-state index contributed by atoms with van der Waals surface area (Å²) < 4.78 is 0. The van der Waals surface area contributed by atoms with Gasteiger partial charge in [-0.3, -0.25) is 9.59 Å². The number of carbonyl (C=O) groups is 2. The molecular weight excluding hydrogens is 422 g/mol. The van der Waals surface area contributed by atoms with Crippen molar-refractivity contribution in [3.05, 3.63) is 100 Å². The molecule has 0 aliphatic heterocycles. The lowest BCUT2D eigenvalue weighted by atomic mass is 10.0. The number of nitrogens with zero attached hydrogens (tertiary/aromatic N) is 1. The fraction of sp³-hybridized carbons (Fsp3) is 0.345. The van der Waals surface area contributed by atoms with Gasteiger partial charge in [0.1, 0.15) is 11.4 Å². The van der Waals surface area contributed by atoms with Gasteiger partial charge in [0.05, 0.1) is 0 Å². The Bertz CT molecular complexity index is 1220. The number of fused-ring (bicyclic) bond motifs is 6. The number of carbonyl (C=O) groups excluding carboxylic acids is 2. The molecule has 1 heterocycles. The molecule has 2 aromatic carbocycles. The second-order valence-electron chi connectivity index (χ2n) is 10.3. The normalized spacial score (nSPS) is 28.8. The molecule has 6 unspecified atom stereocenters. The molecule has 0 radical (unpaired) electrons. The lowest BCUT2D eigenvalue weighted by molar-refractivity contribution is 0.0941. The van der Waals surface area contributed by atoms with E-state index in [4.69, 9.17) is 0 Å². The molecule has 5 heteroatoms. The largest absolute Gasteiger partial charge is 0.350 e. The van der Waals surface area contributed by atoms with Gasteiger partial charge >= 0.3 is 0 Å². The van der Waals surface area contributed by atoms with Crippen LogP contribution in [0.25, 0.3) is 0 Å². The van der Waals surface area contributed by atoms with Gasteiger partial charge in [0.25, 0.3) is 11.8 Å². The summed E-state index contributed by atoms with van der Waals surface area (Å²) in [5.41, 5.74) is 6.42. The van der Waals surface area contributed by atoms with Gasteiger partial charge in [-0.15, -0.1) is 0 Å². The number of benzene rings is 2. The Morgan fingerprint density at radius 2 is 1.15 bits per heavy atom. The van der Waals surface area contributed by atoms with Crippen LogP contribution in [0.15, 0.2) is 66.7 Å². The first-order valence-electron chi connectivity index (χ1n) is 12.4. The van der Waals surface area contributed by atoms with Crippen molar-refractivity contribution < 1.29 is 9.59 Å². The molecule has 0 saturated heterocycles. The number of nitrogens with one attached hydrogen (secondary N) is 2. The first-order valence-corrected chi connectivity index (χ1v) is 12.4. The van der Waals surface area contributed by atoms with Gasteiger partial charge in [-0.05, 0) is 82.7 Å². The SMILES string of the molecule is O=C(NCC1C2Cc3ccccc3C12)c1cccc(C(=O)NCC2C3Cc4ccccc4C23)n1. The highest BCUT2D eigenvalue weighted by atomic mass is 16.2. The van der Waals surface area contributed by atoms with Crippen molar-refractivity contribution in [2.45, 2.75) is 24.7 Å². The molecule has 4 aliphatic carbocycles. The minimum atomic E-state index is -0.207. The van der Waals surface area contributed by atoms with Gasteiger partial charge in [-0.2, -0.15) is 0 Å². The van der Waals surface area contributed by atoms with Gasteiger partial charge in [0.15, 0.2) is 0 Å². The van der Waals surface area contributed by atoms with E-state index in [9.17, 15) is 9.59 Å². The van der Waals surface area contributed by atoms with Crippen molar-refractivity contribution >= 4 is 11.8 Å². The van der Waals surface area contributed by atoms with E-state index in [-0.39, 0.29) is 11.8 Å². The van der Waals surface area contributed by atoms with Gasteiger partial charge < -0.3 is 10.6 Å². The molecule has 2 fully saturated rings. The van der Waals surface area contributed by atoms with E-state index in [2.05, 4.69) is 64.1 Å². The van der Waals surface area contributed by atoms with Crippen LogP contribution >= 0.6 is 0 Å². The van der Waals surface area contributed by atoms with Crippen LogP contribution < -0.4 is 10.6 Å². The molecule has 2 saturated carbocycles. The summed E-state index contributed by atoms with van der Waals surface area (Å²) in [5, 5.41) is 6.10. The monoisotopic (exact) mass is 449 g/mol. The third-order valence-electron chi connectivity index (χ3n) is 8.61. The van der Waals surface area contributed by atoms with E-state index < -0.39 is 0 Å². The number of aromatic nitrogens is 1. The predicted octanol–water partition coefficient (Wildman–Crippen LogP) is 3.71. The smallest absolute Gasteiger partial charge is 0.269 e. The molecule has 0 bridgehead atoms. The molecule has 4 aliphatic rings. The number of hydrogen-bond donors (Lipinski definition) is 2. The molecule has 1 aromatic heterocycles. The molecule has 3 aromatic rings. The zero-order chi connectivity index (χ0) is 22.8. The van der Waals surface area contributed by atoms with E-state index in [0.717, 1.165) is 12.8 Å². The Morgan fingerprint density at radius 1 is 0.676 bits per heavy atom. The van der Waals surface area contributed by atoms with Gasteiger partial charge in [-0.25, -0.2) is 4.98 Å². The molecule has 0 spiro atoms. The lowest BCUT2D eigenvalue weighted by Crippen LogP contribution is -2.30.